The van der Waals surface area contributed by atoms with E-state index in [4.69, 9.17) is 0 Å². The first kappa shape index (κ1) is 17.5. The van der Waals surface area contributed by atoms with Crippen LogP contribution in [0.5, 0.6) is 0 Å². The number of aliphatic carboxylic acids is 1. The fourth-order valence-electron chi connectivity index (χ4n) is 2.56. The van der Waals surface area contributed by atoms with Crippen molar-refractivity contribution < 1.29 is 14.7 Å². The number of carboxylic acids is 1. The van der Waals surface area contributed by atoms with Gasteiger partial charge in [0.05, 0.1) is 0 Å². The molecule has 0 aromatic heterocycles. The monoisotopic (exact) mass is 326 g/mol. The smallest absolute Gasteiger partial charge is 0.330 e. The summed E-state index contributed by atoms with van der Waals surface area (Å²) in [5, 5.41) is 12.0. The van der Waals surface area contributed by atoms with Gasteiger partial charge in [0, 0.05) is 24.3 Å². The van der Waals surface area contributed by atoms with Crippen molar-refractivity contribution in [3.05, 3.63) is 65.7 Å². The Bertz CT molecular complexity index is 680. The van der Waals surface area contributed by atoms with Crippen molar-refractivity contribution in [3.8, 4) is 0 Å². The molecule has 0 aliphatic rings. The lowest BCUT2D eigenvalue weighted by Gasteiger charge is -2.21. The zero-order valence-electron chi connectivity index (χ0n) is 13.9. The number of amides is 1. The average Bonchev–Trinajstić information content (AvgIpc) is 2.61. The van der Waals surface area contributed by atoms with E-state index in [2.05, 4.69) is 24.1 Å². The minimum atomic E-state index is -1.09. The topological polar surface area (TPSA) is 69.6 Å². The molecule has 2 N–H and O–H groups in total. The summed E-state index contributed by atoms with van der Waals surface area (Å²) >= 11 is 0. The van der Waals surface area contributed by atoms with Gasteiger partial charge in [0.2, 0.25) is 0 Å². The number of carbonyl (C=O) groups is 2. The van der Waals surface area contributed by atoms with Crippen molar-refractivity contribution in [2.45, 2.75) is 19.9 Å². The summed E-state index contributed by atoms with van der Waals surface area (Å²) in [5.41, 5.74) is 2.01. The lowest BCUT2D eigenvalue weighted by molar-refractivity contribution is -0.139. The summed E-state index contributed by atoms with van der Waals surface area (Å²) in [5.74, 6) is -1.49. The van der Waals surface area contributed by atoms with Crippen molar-refractivity contribution in [3.63, 3.8) is 0 Å². The molecule has 5 heteroatoms. The van der Waals surface area contributed by atoms with Crippen LogP contribution in [0, 0.1) is 0 Å². The number of rotatable bonds is 7. The number of hydrogen-bond donors (Lipinski definition) is 2. The maximum atomic E-state index is 12.4. The van der Waals surface area contributed by atoms with E-state index in [0.29, 0.717) is 11.1 Å². The van der Waals surface area contributed by atoms with Crippen LogP contribution >= 0.6 is 0 Å². The third kappa shape index (κ3) is 4.13. The first-order valence-electron chi connectivity index (χ1n) is 8.00. The highest BCUT2D eigenvalue weighted by Crippen LogP contribution is 2.17. The van der Waals surface area contributed by atoms with E-state index in [9.17, 15) is 14.7 Å². The highest BCUT2D eigenvalue weighted by molar-refractivity contribution is 5.97. The largest absolute Gasteiger partial charge is 0.479 e. The SMILES string of the molecule is CCN(CC)c1ccc(C(=O)N[C@H](C(=O)O)c2ccccc2)cc1. The predicted molar refractivity (Wildman–Crippen MR) is 94.3 cm³/mol. The molecule has 0 saturated carbocycles. The number of nitrogens with one attached hydrogen (secondary N) is 1. The maximum Gasteiger partial charge on any atom is 0.330 e. The van der Waals surface area contributed by atoms with Crippen molar-refractivity contribution in [1.29, 1.82) is 0 Å². The van der Waals surface area contributed by atoms with Crippen LogP contribution in [0.25, 0.3) is 0 Å². The molecule has 0 aliphatic heterocycles. The Morgan fingerprint density at radius 1 is 1.00 bits per heavy atom. The Labute approximate surface area is 141 Å². The Morgan fingerprint density at radius 3 is 2.08 bits per heavy atom. The van der Waals surface area contributed by atoms with E-state index in [1.54, 1.807) is 42.5 Å². The van der Waals surface area contributed by atoms with E-state index in [0.717, 1.165) is 18.8 Å². The molecule has 1 amide bonds. The number of hydrogen-bond acceptors (Lipinski definition) is 3. The first-order chi connectivity index (χ1) is 11.6. The van der Waals surface area contributed by atoms with Crippen LogP contribution in [-0.2, 0) is 4.79 Å². The zero-order chi connectivity index (χ0) is 17.5. The van der Waals surface area contributed by atoms with Gasteiger partial charge in [-0.2, -0.15) is 0 Å². The normalized spacial score (nSPS) is 11.6. The van der Waals surface area contributed by atoms with Gasteiger partial charge >= 0.3 is 5.97 Å². The molecule has 2 rings (SSSR count). The van der Waals surface area contributed by atoms with Gasteiger partial charge in [-0.1, -0.05) is 30.3 Å². The van der Waals surface area contributed by atoms with Gasteiger partial charge in [0.25, 0.3) is 5.91 Å². The molecule has 5 nitrogen and oxygen atoms in total. The van der Waals surface area contributed by atoms with E-state index < -0.39 is 17.9 Å². The van der Waals surface area contributed by atoms with Crippen LogP contribution in [0.3, 0.4) is 0 Å². The molecule has 0 spiro atoms. The van der Waals surface area contributed by atoms with Crippen LogP contribution in [0.1, 0.15) is 35.8 Å². The lowest BCUT2D eigenvalue weighted by atomic mass is 10.1. The standard InChI is InChI=1S/C19H22N2O3/c1-3-21(4-2)16-12-10-15(11-13-16)18(22)20-17(19(23)24)14-8-6-5-7-9-14/h5-13,17H,3-4H2,1-2H3,(H,20,22)(H,23,24)/t17-/m0/s1. The molecule has 24 heavy (non-hydrogen) atoms. The second kappa shape index (κ2) is 8.15. The molecular weight excluding hydrogens is 304 g/mol. The Kier molecular flexibility index (Phi) is 5.95. The fourth-order valence-corrected chi connectivity index (χ4v) is 2.56. The Balaban J connectivity index is 2.14. The maximum absolute atomic E-state index is 12.4. The Hall–Kier alpha value is -2.82. The molecule has 126 valence electrons. The second-order valence-electron chi connectivity index (χ2n) is 5.37. The zero-order valence-corrected chi connectivity index (χ0v) is 13.9. The summed E-state index contributed by atoms with van der Waals surface area (Å²) in [4.78, 5) is 26.0. The van der Waals surface area contributed by atoms with Crippen molar-refractivity contribution in [1.82, 2.24) is 5.32 Å². The molecule has 2 aromatic rings. The van der Waals surface area contributed by atoms with Gasteiger partial charge in [0.1, 0.15) is 0 Å². The minimum absolute atomic E-state index is 0.405. The van der Waals surface area contributed by atoms with Crippen LogP contribution in [0.2, 0.25) is 0 Å². The van der Waals surface area contributed by atoms with E-state index in [1.165, 1.54) is 0 Å². The van der Waals surface area contributed by atoms with Crippen molar-refractivity contribution in [2.24, 2.45) is 0 Å². The summed E-state index contributed by atoms with van der Waals surface area (Å²) in [6.07, 6.45) is 0. The van der Waals surface area contributed by atoms with Gasteiger partial charge in [-0.05, 0) is 43.7 Å². The van der Waals surface area contributed by atoms with Gasteiger partial charge in [0.15, 0.2) is 6.04 Å². The van der Waals surface area contributed by atoms with Crippen LogP contribution in [-0.4, -0.2) is 30.1 Å². The number of nitrogens with zero attached hydrogens (tertiary/aromatic N) is 1. The highest BCUT2D eigenvalue weighted by Gasteiger charge is 2.22. The predicted octanol–water partition coefficient (Wildman–Crippen LogP) is 3.09. The molecule has 1 atom stereocenters. The van der Waals surface area contributed by atoms with Gasteiger partial charge < -0.3 is 15.3 Å². The number of carbonyl (C=O) groups excluding carboxylic acids is 1. The molecule has 0 fully saturated rings. The molecule has 0 radical (unpaired) electrons. The van der Waals surface area contributed by atoms with Gasteiger partial charge in [-0.3, -0.25) is 4.79 Å². The molecule has 0 saturated heterocycles. The quantitative estimate of drug-likeness (QED) is 0.820. The van der Waals surface area contributed by atoms with Crippen LogP contribution < -0.4 is 10.2 Å². The molecule has 0 aliphatic carbocycles. The molecule has 0 heterocycles. The van der Waals surface area contributed by atoms with Gasteiger partial charge in [-0.25, -0.2) is 4.79 Å². The summed E-state index contributed by atoms with van der Waals surface area (Å²) < 4.78 is 0. The van der Waals surface area contributed by atoms with Gasteiger partial charge in [-0.15, -0.1) is 0 Å². The highest BCUT2D eigenvalue weighted by atomic mass is 16.4. The third-order valence-electron chi connectivity index (χ3n) is 3.91. The molecular formula is C19H22N2O3. The molecule has 0 unspecified atom stereocenters. The van der Waals surface area contributed by atoms with E-state index in [1.807, 2.05) is 12.1 Å². The summed E-state index contributed by atoms with van der Waals surface area (Å²) in [6, 6.07) is 14.8. The summed E-state index contributed by atoms with van der Waals surface area (Å²) in [7, 11) is 0. The number of anilines is 1. The fraction of sp³-hybridized carbons (Fsp3) is 0.263. The number of benzene rings is 2. The average molecular weight is 326 g/mol. The van der Waals surface area contributed by atoms with E-state index in [-0.39, 0.29) is 0 Å². The minimum Gasteiger partial charge on any atom is -0.479 e. The lowest BCUT2D eigenvalue weighted by Crippen LogP contribution is -2.33. The third-order valence-corrected chi connectivity index (χ3v) is 3.91. The Morgan fingerprint density at radius 2 is 1.58 bits per heavy atom. The second-order valence-corrected chi connectivity index (χ2v) is 5.37. The van der Waals surface area contributed by atoms with E-state index >= 15 is 0 Å². The first-order valence-corrected chi connectivity index (χ1v) is 8.00. The molecule has 2 aromatic carbocycles. The van der Waals surface area contributed by atoms with Crippen LogP contribution in [0.15, 0.2) is 54.6 Å². The summed E-state index contributed by atoms with van der Waals surface area (Å²) in [6.45, 7) is 5.91. The van der Waals surface area contributed by atoms with Crippen LogP contribution in [0.4, 0.5) is 5.69 Å². The molecule has 0 bridgehead atoms. The number of carboxylic acid groups (broad SMARTS) is 1. The van der Waals surface area contributed by atoms with Crippen molar-refractivity contribution in [2.75, 3.05) is 18.0 Å². The van der Waals surface area contributed by atoms with Crippen molar-refractivity contribution >= 4 is 17.6 Å².